The van der Waals surface area contributed by atoms with E-state index in [-0.39, 0.29) is 6.03 Å². The van der Waals surface area contributed by atoms with E-state index in [1.807, 2.05) is 48.1 Å². The molecule has 2 aromatic heterocycles. The van der Waals surface area contributed by atoms with Crippen LogP contribution in [-0.4, -0.2) is 71.7 Å². The number of nitrogens with zero attached hydrogens (tertiary/aromatic N) is 4. The Kier molecular flexibility index (Phi) is 6.41. The first-order valence-corrected chi connectivity index (χ1v) is 10.2. The van der Waals surface area contributed by atoms with Gasteiger partial charge in [0.05, 0.1) is 25.1 Å². The van der Waals surface area contributed by atoms with E-state index in [1.54, 1.807) is 6.20 Å². The maximum Gasteiger partial charge on any atom is 0.319 e. The van der Waals surface area contributed by atoms with Gasteiger partial charge >= 0.3 is 6.03 Å². The number of rotatable bonds is 7. The second-order valence-corrected chi connectivity index (χ2v) is 7.13. The van der Waals surface area contributed by atoms with Crippen LogP contribution in [0.4, 0.5) is 16.3 Å². The molecular weight excluding hydrogens is 382 g/mol. The number of hydrogen-bond donors (Lipinski definition) is 3. The number of urea groups is 1. The van der Waals surface area contributed by atoms with E-state index in [1.165, 1.54) is 0 Å². The van der Waals surface area contributed by atoms with E-state index in [4.69, 9.17) is 4.74 Å². The van der Waals surface area contributed by atoms with Gasteiger partial charge in [0, 0.05) is 50.3 Å². The molecule has 3 heterocycles. The van der Waals surface area contributed by atoms with Gasteiger partial charge in [-0.15, -0.1) is 0 Å². The van der Waals surface area contributed by atoms with Crippen LogP contribution in [0.25, 0.3) is 16.9 Å². The average molecular weight is 409 g/mol. The van der Waals surface area contributed by atoms with Crippen LogP contribution in [-0.2, 0) is 4.74 Å². The van der Waals surface area contributed by atoms with Crippen LogP contribution in [0.5, 0.6) is 0 Å². The van der Waals surface area contributed by atoms with Gasteiger partial charge in [-0.3, -0.25) is 9.30 Å². The fourth-order valence-electron chi connectivity index (χ4n) is 3.54. The van der Waals surface area contributed by atoms with Crippen LogP contribution in [0.1, 0.15) is 6.42 Å². The number of ether oxygens (including phenoxy) is 1. The van der Waals surface area contributed by atoms with Gasteiger partial charge in [-0.25, -0.2) is 14.8 Å². The topological polar surface area (TPSA) is 95.8 Å². The van der Waals surface area contributed by atoms with Crippen molar-refractivity contribution >= 4 is 23.2 Å². The number of imidazole rings is 1. The lowest BCUT2D eigenvalue weighted by Gasteiger charge is -2.26. The number of morpholine rings is 1. The average Bonchev–Trinajstić information content (AvgIpc) is 3.22. The Morgan fingerprint density at radius 1 is 1.17 bits per heavy atom. The molecule has 4 rings (SSSR count). The molecule has 158 valence electrons. The Hall–Kier alpha value is -3.17. The Balaban J connectivity index is 1.30. The number of carbonyl (C=O) groups is 1. The molecule has 3 N–H and O–H groups in total. The largest absolute Gasteiger partial charge is 0.379 e. The van der Waals surface area contributed by atoms with E-state index >= 15 is 0 Å². The molecule has 0 aliphatic carbocycles. The fraction of sp³-hybridized carbons (Fsp3) is 0.381. The normalized spacial score (nSPS) is 14.6. The van der Waals surface area contributed by atoms with Crippen LogP contribution in [0.15, 0.2) is 42.9 Å². The number of aromatic nitrogens is 3. The summed E-state index contributed by atoms with van der Waals surface area (Å²) in [4.78, 5) is 23.2. The van der Waals surface area contributed by atoms with Crippen molar-refractivity contribution in [2.45, 2.75) is 6.42 Å². The molecule has 1 fully saturated rings. The van der Waals surface area contributed by atoms with Gasteiger partial charge in [-0.05, 0) is 25.1 Å². The van der Waals surface area contributed by atoms with Crippen molar-refractivity contribution < 1.29 is 9.53 Å². The molecule has 1 aliphatic rings. The third-order valence-corrected chi connectivity index (χ3v) is 5.14. The number of fused-ring (bicyclic) bond motifs is 1. The zero-order valence-electron chi connectivity index (χ0n) is 17.1. The molecular formula is C21H27N7O2. The smallest absolute Gasteiger partial charge is 0.319 e. The molecule has 0 unspecified atom stereocenters. The van der Waals surface area contributed by atoms with Crippen LogP contribution in [0, 0.1) is 0 Å². The maximum absolute atomic E-state index is 12.1. The SMILES string of the molecule is CNc1nccn2c(-c3ccc(NC(=O)NCCCN4CCOCC4)cc3)cnc12. The number of carbonyl (C=O) groups excluding carboxylic acids is 1. The summed E-state index contributed by atoms with van der Waals surface area (Å²) in [7, 11) is 1.82. The van der Waals surface area contributed by atoms with Crippen LogP contribution in [0.2, 0.25) is 0 Å². The van der Waals surface area contributed by atoms with Crippen LogP contribution in [0.3, 0.4) is 0 Å². The van der Waals surface area contributed by atoms with E-state index < -0.39 is 0 Å². The van der Waals surface area contributed by atoms with Crippen molar-refractivity contribution in [2.24, 2.45) is 0 Å². The van der Waals surface area contributed by atoms with E-state index in [0.717, 1.165) is 67.7 Å². The lowest BCUT2D eigenvalue weighted by atomic mass is 10.1. The minimum absolute atomic E-state index is 0.190. The second kappa shape index (κ2) is 9.55. The van der Waals surface area contributed by atoms with Crippen LogP contribution < -0.4 is 16.0 Å². The highest BCUT2D eigenvalue weighted by Gasteiger charge is 2.11. The van der Waals surface area contributed by atoms with Gasteiger partial charge in [-0.1, -0.05) is 12.1 Å². The zero-order valence-corrected chi connectivity index (χ0v) is 17.1. The van der Waals surface area contributed by atoms with Crippen molar-refractivity contribution in [2.75, 3.05) is 57.1 Å². The molecule has 9 nitrogen and oxygen atoms in total. The molecule has 0 spiro atoms. The molecule has 0 radical (unpaired) electrons. The van der Waals surface area contributed by atoms with Crippen molar-refractivity contribution in [3.05, 3.63) is 42.9 Å². The summed E-state index contributed by atoms with van der Waals surface area (Å²) in [5.41, 5.74) is 3.49. The first-order chi connectivity index (χ1) is 14.7. The standard InChI is InChI=1S/C21H27N7O2/c1-22-19-20-25-15-18(28(20)10-8-23-19)16-3-5-17(6-4-16)26-21(29)24-7-2-9-27-11-13-30-14-12-27/h3-6,8,10,15H,2,7,9,11-14H2,1H3,(H,22,23)(H2,24,26,29). The van der Waals surface area contributed by atoms with Crippen LogP contribution >= 0.6 is 0 Å². The van der Waals surface area contributed by atoms with Crippen molar-refractivity contribution in [1.82, 2.24) is 24.6 Å². The predicted octanol–water partition coefficient (Wildman–Crippen LogP) is 2.28. The predicted molar refractivity (Wildman–Crippen MR) is 117 cm³/mol. The van der Waals surface area contributed by atoms with Gasteiger partial charge in [0.1, 0.15) is 0 Å². The number of nitrogens with one attached hydrogen (secondary N) is 3. The molecule has 3 aromatic rings. The number of amides is 2. The third-order valence-electron chi connectivity index (χ3n) is 5.14. The fourth-order valence-corrected chi connectivity index (χ4v) is 3.54. The van der Waals surface area contributed by atoms with E-state index in [9.17, 15) is 4.79 Å². The molecule has 0 saturated carbocycles. The molecule has 1 saturated heterocycles. The quantitative estimate of drug-likeness (QED) is 0.518. The van der Waals surface area contributed by atoms with E-state index in [2.05, 4.69) is 30.8 Å². The molecule has 1 aliphatic heterocycles. The zero-order chi connectivity index (χ0) is 20.8. The Bertz CT molecular complexity index is 981. The van der Waals surface area contributed by atoms with Gasteiger partial charge < -0.3 is 20.7 Å². The summed E-state index contributed by atoms with van der Waals surface area (Å²) in [5.74, 6) is 0.729. The van der Waals surface area contributed by atoms with Gasteiger partial charge in [-0.2, -0.15) is 0 Å². The van der Waals surface area contributed by atoms with Gasteiger partial charge in [0.25, 0.3) is 0 Å². The first kappa shape index (κ1) is 20.1. The first-order valence-electron chi connectivity index (χ1n) is 10.2. The van der Waals surface area contributed by atoms with Gasteiger partial charge in [0.15, 0.2) is 11.5 Å². The lowest BCUT2D eigenvalue weighted by Crippen LogP contribution is -2.38. The van der Waals surface area contributed by atoms with Crippen molar-refractivity contribution in [1.29, 1.82) is 0 Å². The highest BCUT2D eigenvalue weighted by Crippen LogP contribution is 2.24. The minimum atomic E-state index is -0.190. The maximum atomic E-state index is 12.1. The number of hydrogen-bond acceptors (Lipinski definition) is 6. The summed E-state index contributed by atoms with van der Waals surface area (Å²) in [6.45, 7) is 5.15. The molecule has 9 heteroatoms. The van der Waals surface area contributed by atoms with Crippen molar-refractivity contribution in [3.8, 4) is 11.3 Å². The summed E-state index contributed by atoms with van der Waals surface area (Å²) < 4.78 is 7.33. The molecule has 1 aromatic carbocycles. The second-order valence-electron chi connectivity index (χ2n) is 7.13. The monoisotopic (exact) mass is 409 g/mol. The highest BCUT2D eigenvalue weighted by molar-refractivity contribution is 5.89. The van der Waals surface area contributed by atoms with E-state index in [0.29, 0.717) is 6.54 Å². The summed E-state index contributed by atoms with van der Waals surface area (Å²) in [5, 5.41) is 8.84. The Labute approximate surface area is 175 Å². The molecule has 2 amide bonds. The number of anilines is 2. The highest BCUT2D eigenvalue weighted by atomic mass is 16.5. The lowest BCUT2D eigenvalue weighted by molar-refractivity contribution is 0.0375. The molecule has 0 bridgehead atoms. The molecule has 30 heavy (non-hydrogen) atoms. The Morgan fingerprint density at radius 2 is 1.97 bits per heavy atom. The Morgan fingerprint density at radius 3 is 2.73 bits per heavy atom. The van der Waals surface area contributed by atoms with Crippen molar-refractivity contribution in [3.63, 3.8) is 0 Å². The molecule has 0 atom stereocenters. The minimum Gasteiger partial charge on any atom is -0.379 e. The van der Waals surface area contributed by atoms with Gasteiger partial charge in [0.2, 0.25) is 0 Å². The summed E-state index contributed by atoms with van der Waals surface area (Å²) in [6, 6.07) is 7.53. The summed E-state index contributed by atoms with van der Waals surface area (Å²) in [6.07, 6.45) is 6.37. The summed E-state index contributed by atoms with van der Waals surface area (Å²) >= 11 is 0. The third kappa shape index (κ3) is 4.69. The number of benzene rings is 1.